The SMILES string of the molecule is CN(C)c1cc([N+](=O)[O-])ccc1C[S+]([O-])C1=NC(=S)C(C)(C)N1. The van der Waals surface area contributed by atoms with Crippen molar-refractivity contribution in [2.75, 3.05) is 19.0 Å². The van der Waals surface area contributed by atoms with E-state index in [0.717, 1.165) is 5.56 Å². The van der Waals surface area contributed by atoms with E-state index in [1.54, 1.807) is 25.1 Å². The number of non-ortho nitro benzene ring substituents is 1. The zero-order valence-electron chi connectivity index (χ0n) is 13.3. The second kappa shape index (κ2) is 6.42. The van der Waals surface area contributed by atoms with E-state index in [1.807, 2.05) is 13.8 Å². The van der Waals surface area contributed by atoms with Crippen molar-refractivity contribution in [3.05, 3.63) is 33.9 Å². The molecular formula is C14H18N4O3S2. The lowest BCUT2D eigenvalue weighted by molar-refractivity contribution is -0.384. The van der Waals surface area contributed by atoms with Gasteiger partial charge >= 0.3 is 5.17 Å². The normalized spacial score (nSPS) is 17.4. The molecule has 1 N–H and O–H groups in total. The maximum Gasteiger partial charge on any atom is 0.318 e. The second-order valence-electron chi connectivity index (χ2n) is 5.93. The highest BCUT2D eigenvalue weighted by Crippen LogP contribution is 2.27. The molecule has 0 radical (unpaired) electrons. The van der Waals surface area contributed by atoms with E-state index in [0.29, 0.717) is 15.8 Å². The molecule has 1 heterocycles. The van der Waals surface area contributed by atoms with E-state index in [9.17, 15) is 14.7 Å². The number of nitro groups is 1. The molecule has 0 fully saturated rings. The van der Waals surface area contributed by atoms with Crippen molar-refractivity contribution in [2.45, 2.75) is 25.1 Å². The molecule has 0 spiro atoms. The number of anilines is 1. The minimum Gasteiger partial charge on any atom is -0.609 e. The van der Waals surface area contributed by atoms with Crippen LogP contribution in [0.5, 0.6) is 0 Å². The molecule has 1 unspecified atom stereocenters. The lowest BCUT2D eigenvalue weighted by atomic mass is 10.1. The number of amidine groups is 1. The Morgan fingerprint density at radius 2 is 2.09 bits per heavy atom. The average molecular weight is 354 g/mol. The minimum atomic E-state index is -1.40. The predicted octanol–water partition coefficient (Wildman–Crippen LogP) is 1.97. The van der Waals surface area contributed by atoms with Crippen LogP contribution in [0.2, 0.25) is 0 Å². The summed E-state index contributed by atoms with van der Waals surface area (Å²) in [5.74, 6) is 0.204. The molecule has 7 nitrogen and oxygen atoms in total. The summed E-state index contributed by atoms with van der Waals surface area (Å²) in [6.07, 6.45) is 0. The largest absolute Gasteiger partial charge is 0.609 e. The summed E-state index contributed by atoms with van der Waals surface area (Å²) >= 11 is 3.76. The Hall–Kier alpha value is -1.71. The second-order valence-corrected chi connectivity index (χ2v) is 7.68. The van der Waals surface area contributed by atoms with Crippen molar-refractivity contribution < 1.29 is 9.48 Å². The third-order valence-electron chi connectivity index (χ3n) is 3.42. The Morgan fingerprint density at radius 1 is 1.43 bits per heavy atom. The van der Waals surface area contributed by atoms with Gasteiger partial charge < -0.3 is 14.8 Å². The number of nitrogens with zero attached hydrogens (tertiary/aromatic N) is 3. The van der Waals surface area contributed by atoms with Crippen molar-refractivity contribution in [3.63, 3.8) is 0 Å². The van der Waals surface area contributed by atoms with Crippen molar-refractivity contribution in [3.8, 4) is 0 Å². The maximum absolute atomic E-state index is 12.5. The monoisotopic (exact) mass is 354 g/mol. The van der Waals surface area contributed by atoms with Gasteiger partial charge in [-0.1, -0.05) is 12.2 Å². The highest BCUT2D eigenvalue weighted by molar-refractivity contribution is 8.05. The number of benzene rings is 1. The first kappa shape index (κ1) is 17.6. The number of aliphatic imine (C=N–C) groups is 1. The number of nitrogens with one attached hydrogen (secondary N) is 1. The van der Waals surface area contributed by atoms with E-state index in [-0.39, 0.29) is 11.4 Å². The highest BCUT2D eigenvalue weighted by Gasteiger charge is 2.37. The predicted molar refractivity (Wildman–Crippen MR) is 96.5 cm³/mol. The van der Waals surface area contributed by atoms with Crippen LogP contribution in [0.3, 0.4) is 0 Å². The lowest BCUT2D eigenvalue weighted by Gasteiger charge is -2.20. The molecule has 1 atom stereocenters. The molecular weight excluding hydrogens is 336 g/mol. The van der Waals surface area contributed by atoms with E-state index >= 15 is 0 Å². The molecule has 23 heavy (non-hydrogen) atoms. The third kappa shape index (κ3) is 3.80. The summed E-state index contributed by atoms with van der Waals surface area (Å²) in [5.41, 5.74) is 0.925. The third-order valence-corrected chi connectivity index (χ3v) is 5.22. The summed E-state index contributed by atoms with van der Waals surface area (Å²) in [6, 6.07) is 4.52. The summed E-state index contributed by atoms with van der Waals surface area (Å²) < 4.78 is 12.5. The zero-order chi connectivity index (χ0) is 17.4. The first-order valence-electron chi connectivity index (χ1n) is 6.86. The van der Waals surface area contributed by atoms with E-state index in [1.165, 1.54) is 12.1 Å². The van der Waals surface area contributed by atoms with Crippen LogP contribution >= 0.6 is 12.2 Å². The molecule has 0 amide bonds. The fraction of sp³-hybridized carbons (Fsp3) is 0.429. The molecule has 1 aliphatic rings. The van der Waals surface area contributed by atoms with E-state index in [2.05, 4.69) is 10.3 Å². The molecule has 0 aromatic heterocycles. The molecule has 1 aromatic carbocycles. The molecule has 2 rings (SSSR count). The number of nitro benzene ring substituents is 1. The standard InChI is InChI=1S/C14H18N4O3S2/c1-14(2)12(22)15-13(16-14)23(21)8-9-5-6-10(18(19)20)7-11(9)17(3)4/h5-7H,8H2,1-4H3,(H,15,16,22). The first-order chi connectivity index (χ1) is 10.6. The van der Waals surface area contributed by atoms with E-state index in [4.69, 9.17) is 12.2 Å². The summed E-state index contributed by atoms with van der Waals surface area (Å²) in [6.45, 7) is 3.75. The van der Waals surface area contributed by atoms with Crippen molar-refractivity contribution >= 4 is 44.9 Å². The fourth-order valence-electron chi connectivity index (χ4n) is 2.10. The van der Waals surface area contributed by atoms with Crippen LogP contribution in [-0.4, -0.2) is 39.3 Å². The summed E-state index contributed by atoms with van der Waals surface area (Å²) in [5, 5.41) is 14.3. The first-order valence-corrected chi connectivity index (χ1v) is 8.59. The summed E-state index contributed by atoms with van der Waals surface area (Å²) in [4.78, 5) is 16.9. The number of hydrogen-bond acceptors (Lipinski definition) is 6. The fourth-order valence-corrected chi connectivity index (χ4v) is 3.53. The van der Waals surface area contributed by atoms with Crippen molar-refractivity contribution in [1.29, 1.82) is 0 Å². The number of thiocarbonyl (C=S) groups is 1. The number of rotatable bonds is 4. The van der Waals surface area contributed by atoms with Crippen LogP contribution in [0, 0.1) is 10.1 Å². The average Bonchev–Trinajstić information content (AvgIpc) is 2.72. The van der Waals surface area contributed by atoms with Gasteiger partial charge in [-0.3, -0.25) is 10.1 Å². The molecule has 1 aliphatic heterocycles. The molecule has 0 aliphatic carbocycles. The number of hydrogen-bond donors (Lipinski definition) is 1. The van der Waals surface area contributed by atoms with Gasteiger partial charge in [0.25, 0.3) is 5.69 Å². The Kier molecular flexibility index (Phi) is 4.92. The molecule has 9 heteroatoms. The quantitative estimate of drug-likeness (QED) is 0.384. The maximum atomic E-state index is 12.5. The lowest BCUT2D eigenvalue weighted by Crippen LogP contribution is -2.44. The van der Waals surface area contributed by atoms with Crippen LogP contribution < -0.4 is 10.2 Å². The molecule has 0 saturated carbocycles. The van der Waals surface area contributed by atoms with Gasteiger partial charge in [0.2, 0.25) is 0 Å². The topological polar surface area (TPSA) is 93.8 Å². The van der Waals surface area contributed by atoms with Gasteiger partial charge in [0.05, 0.1) is 16.1 Å². The Bertz CT molecular complexity index is 689. The molecule has 0 bridgehead atoms. The van der Waals surface area contributed by atoms with E-state index < -0.39 is 21.6 Å². The van der Waals surface area contributed by atoms with Gasteiger partial charge in [0.15, 0.2) is 0 Å². The highest BCUT2D eigenvalue weighted by atomic mass is 32.2. The van der Waals surface area contributed by atoms with Crippen LogP contribution in [0.4, 0.5) is 11.4 Å². The Morgan fingerprint density at radius 3 is 2.57 bits per heavy atom. The van der Waals surface area contributed by atoms with Crippen LogP contribution in [0.1, 0.15) is 19.4 Å². The Labute approximate surface area is 143 Å². The minimum absolute atomic E-state index is 0.00174. The molecule has 1 aromatic rings. The van der Waals surface area contributed by atoms with Crippen LogP contribution in [-0.2, 0) is 16.9 Å². The summed E-state index contributed by atoms with van der Waals surface area (Å²) in [7, 11) is 3.57. The zero-order valence-corrected chi connectivity index (χ0v) is 15.0. The molecule has 0 saturated heterocycles. The van der Waals surface area contributed by atoms with Crippen molar-refractivity contribution in [2.24, 2.45) is 4.99 Å². The Balaban J connectivity index is 2.25. The molecule has 124 valence electrons. The van der Waals surface area contributed by atoms with Gasteiger partial charge in [-0.05, 0) is 19.9 Å². The van der Waals surface area contributed by atoms with Gasteiger partial charge in [-0.25, -0.2) is 0 Å². The van der Waals surface area contributed by atoms with Crippen LogP contribution in [0.15, 0.2) is 23.2 Å². The van der Waals surface area contributed by atoms with Gasteiger partial charge in [-0.15, -0.1) is 0 Å². The van der Waals surface area contributed by atoms with Gasteiger partial charge in [0.1, 0.15) is 10.7 Å². The van der Waals surface area contributed by atoms with Gasteiger partial charge in [-0.2, -0.15) is 4.99 Å². The van der Waals surface area contributed by atoms with Crippen LogP contribution in [0.25, 0.3) is 0 Å². The van der Waals surface area contributed by atoms with Crippen molar-refractivity contribution in [1.82, 2.24) is 5.32 Å². The smallest absolute Gasteiger partial charge is 0.318 e. The van der Waals surface area contributed by atoms with Gasteiger partial charge in [0, 0.05) is 43.0 Å².